The standard InChI is InChI=1S/C52H62F3N7O10S/c1-33-44(73-32-58-33)35-12-10-34(11-13-35)29-57-46(65)42-27-39(63)30-60(42)47(66)45(50(2,3)4)59-43(64)31-71-25-24-70-23-22-69-20-8-7-9-21-72-40-18-16-37(17-19-40)62-49(68)61(48(67)51(62,5)6)38-15-14-36(28-56)41(26-38)52(53,54)55/h10-19,26,32,39,42,45,63H,7-9,20-25,27,29-31H2,1-6H3,(H,57,65)(H,59,64)/t39-,42+,45?/m1/s1. The number of nitrogens with one attached hydrogen (secondary N) is 2. The molecule has 6 amide bonds. The zero-order valence-corrected chi connectivity index (χ0v) is 42.6. The molecule has 2 saturated heterocycles. The number of aliphatic hydroxyl groups is 1. The molecule has 0 saturated carbocycles. The van der Waals surface area contributed by atoms with Crippen LogP contribution in [0.15, 0.2) is 72.2 Å². The number of likely N-dealkylation sites (tertiary alicyclic amines) is 1. The fraction of sp³-hybridized carbons (Fsp3) is 0.481. The number of thiazole rings is 1. The largest absolute Gasteiger partial charge is 0.494 e. The molecule has 6 rings (SSSR count). The number of anilines is 2. The smallest absolute Gasteiger partial charge is 0.417 e. The van der Waals surface area contributed by atoms with Gasteiger partial charge in [0.2, 0.25) is 17.7 Å². The lowest BCUT2D eigenvalue weighted by Crippen LogP contribution is -2.58. The minimum atomic E-state index is -4.87. The minimum absolute atomic E-state index is 0.0396. The van der Waals surface area contributed by atoms with Crippen molar-refractivity contribution in [1.82, 2.24) is 20.5 Å². The Balaban J connectivity index is 0.822. The number of nitrogens with zero attached hydrogens (tertiary/aromatic N) is 5. The van der Waals surface area contributed by atoms with E-state index in [2.05, 4.69) is 15.6 Å². The van der Waals surface area contributed by atoms with E-state index < -0.39 is 76.1 Å². The van der Waals surface area contributed by atoms with Gasteiger partial charge in [0.25, 0.3) is 5.91 Å². The van der Waals surface area contributed by atoms with Crippen molar-refractivity contribution in [3.05, 3.63) is 94.6 Å². The van der Waals surface area contributed by atoms with Crippen molar-refractivity contribution in [3.8, 4) is 22.3 Å². The number of aliphatic hydroxyl groups excluding tert-OH is 1. The first-order valence-electron chi connectivity index (χ1n) is 23.9. The predicted molar refractivity (Wildman–Crippen MR) is 265 cm³/mol. The molecule has 3 atom stereocenters. The summed E-state index contributed by atoms with van der Waals surface area (Å²) in [6.07, 6.45) is -3.37. The third-order valence-electron chi connectivity index (χ3n) is 12.3. The van der Waals surface area contributed by atoms with E-state index >= 15 is 0 Å². The quantitative estimate of drug-likeness (QED) is 0.0499. The maximum atomic E-state index is 13.9. The van der Waals surface area contributed by atoms with Gasteiger partial charge in [-0.1, -0.05) is 45.0 Å². The van der Waals surface area contributed by atoms with Crippen LogP contribution in [0, 0.1) is 23.7 Å². The number of benzene rings is 3. The first kappa shape index (κ1) is 55.9. The summed E-state index contributed by atoms with van der Waals surface area (Å²) in [5, 5.41) is 25.4. The molecule has 3 heterocycles. The number of urea groups is 1. The van der Waals surface area contributed by atoms with E-state index in [1.165, 1.54) is 29.7 Å². The van der Waals surface area contributed by atoms with Crippen LogP contribution < -0.4 is 25.2 Å². The molecule has 1 unspecified atom stereocenters. The van der Waals surface area contributed by atoms with E-state index in [1.807, 2.05) is 31.2 Å². The summed E-state index contributed by atoms with van der Waals surface area (Å²) in [6, 6.07) is 15.7. The van der Waals surface area contributed by atoms with Gasteiger partial charge in [-0.2, -0.15) is 18.4 Å². The van der Waals surface area contributed by atoms with Crippen LogP contribution in [0.3, 0.4) is 0 Å². The average Bonchev–Trinajstić information content (AvgIpc) is 4.01. The van der Waals surface area contributed by atoms with Crippen molar-refractivity contribution in [1.29, 1.82) is 5.26 Å². The molecule has 2 fully saturated rings. The minimum Gasteiger partial charge on any atom is -0.494 e. The summed E-state index contributed by atoms with van der Waals surface area (Å²) in [5.41, 5.74) is 0.691. The number of amides is 6. The summed E-state index contributed by atoms with van der Waals surface area (Å²) in [6.45, 7) is 12.2. The summed E-state index contributed by atoms with van der Waals surface area (Å²) in [4.78, 5) is 75.8. The number of hydrogen-bond acceptors (Lipinski definition) is 13. The molecular formula is C52H62F3N7O10S. The van der Waals surface area contributed by atoms with E-state index in [-0.39, 0.29) is 45.0 Å². The van der Waals surface area contributed by atoms with Crippen LogP contribution in [0.1, 0.15) is 82.7 Å². The first-order chi connectivity index (χ1) is 34.6. The maximum absolute atomic E-state index is 13.9. The van der Waals surface area contributed by atoms with Gasteiger partial charge in [-0.3, -0.25) is 24.1 Å². The van der Waals surface area contributed by atoms with Crippen molar-refractivity contribution in [2.45, 2.75) is 104 Å². The highest BCUT2D eigenvalue weighted by Crippen LogP contribution is 2.40. The number of nitriles is 1. The number of carbonyl (C=O) groups is 5. The third-order valence-corrected chi connectivity index (χ3v) is 13.3. The molecule has 4 aromatic rings. The van der Waals surface area contributed by atoms with Gasteiger partial charge in [-0.15, -0.1) is 11.3 Å². The van der Waals surface area contributed by atoms with Gasteiger partial charge in [0.15, 0.2) is 0 Å². The molecule has 0 aliphatic carbocycles. The number of rotatable bonds is 23. The molecule has 3 aromatic carbocycles. The number of unbranched alkanes of at least 4 members (excludes halogenated alkanes) is 2. The van der Waals surface area contributed by atoms with Crippen LogP contribution in [0.25, 0.3) is 10.4 Å². The zero-order chi connectivity index (χ0) is 53.1. The highest BCUT2D eigenvalue weighted by molar-refractivity contribution is 7.13. The highest BCUT2D eigenvalue weighted by Gasteiger charge is 2.53. The number of carbonyl (C=O) groups excluding carboxylic acids is 5. The van der Waals surface area contributed by atoms with Gasteiger partial charge in [0, 0.05) is 31.8 Å². The SMILES string of the molecule is Cc1ncsc1-c1ccc(CNC(=O)[C@@H]2C[C@@H](O)CN2C(=O)C(NC(=O)COCCOCCOCCCCCOc2ccc(N3C(=O)N(c4ccc(C#N)c(C(F)(F)F)c4)C(=O)C3(C)C)cc2)C(C)(C)C)cc1. The summed E-state index contributed by atoms with van der Waals surface area (Å²) >= 11 is 1.56. The zero-order valence-electron chi connectivity index (χ0n) is 41.8. The Kier molecular flexibility index (Phi) is 18.8. The molecule has 2 aliphatic rings. The molecule has 21 heteroatoms. The van der Waals surface area contributed by atoms with Crippen LogP contribution in [0.4, 0.5) is 29.3 Å². The molecule has 0 bridgehead atoms. The second-order valence-electron chi connectivity index (χ2n) is 19.3. The molecule has 73 heavy (non-hydrogen) atoms. The topological polar surface area (TPSA) is 213 Å². The van der Waals surface area contributed by atoms with Crippen LogP contribution in [-0.4, -0.2) is 121 Å². The van der Waals surface area contributed by atoms with Crippen molar-refractivity contribution in [2.75, 3.05) is 62.6 Å². The summed E-state index contributed by atoms with van der Waals surface area (Å²) in [7, 11) is 0. The Bertz CT molecular complexity index is 2610. The predicted octanol–water partition coefficient (Wildman–Crippen LogP) is 7.17. The number of ether oxygens (including phenoxy) is 4. The number of halogens is 3. The van der Waals surface area contributed by atoms with E-state index in [0.29, 0.717) is 48.8 Å². The molecular weight excluding hydrogens is 972 g/mol. The lowest BCUT2D eigenvalue weighted by molar-refractivity contribution is -0.144. The lowest BCUT2D eigenvalue weighted by atomic mass is 9.85. The number of β-amino-alcohol motifs (C(OH)–C–C–N with tert-alkyl or cyclic N) is 1. The monoisotopic (exact) mass is 1030 g/mol. The van der Waals surface area contributed by atoms with Crippen molar-refractivity contribution in [2.24, 2.45) is 5.41 Å². The molecule has 17 nitrogen and oxygen atoms in total. The van der Waals surface area contributed by atoms with Gasteiger partial charge < -0.3 is 39.6 Å². The second-order valence-corrected chi connectivity index (χ2v) is 20.1. The van der Waals surface area contributed by atoms with E-state index in [9.17, 15) is 42.3 Å². The Hall–Kier alpha value is -6.44. The lowest BCUT2D eigenvalue weighted by Gasteiger charge is -2.35. The maximum Gasteiger partial charge on any atom is 0.417 e. The van der Waals surface area contributed by atoms with Gasteiger partial charge >= 0.3 is 12.2 Å². The average molecular weight is 1030 g/mol. The van der Waals surface area contributed by atoms with Crippen LogP contribution in [0.2, 0.25) is 0 Å². The Morgan fingerprint density at radius 2 is 1.55 bits per heavy atom. The number of aromatic nitrogens is 1. The van der Waals surface area contributed by atoms with E-state index in [4.69, 9.17) is 24.2 Å². The van der Waals surface area contributed by atoms with Gasteiger partial charge in [0.1, 0.15) is 30.0 Å². The number of hydrogen-bond donors (Lipinski definition) is 3. The third kappa shape index (κ3) is 14.2. The molecule has 0 spiro atoms. The molecule has 2 aliphatic heterocycles. The molecule has 0 radical (unpaired) electrons. The van der Waals surface area contributed by atoms with Crippen LogP contribution in [0.5, 0.6) is 5.75 Å². The van der Waals surface area contributed by atoms with Crippen molar-refractivity contribution < 1.29 is 61.2 Å². The van der Waals surface area contributed by atoms with Gasteiger partial charge in [-0.25, -0.2) is 14.7 Å². The number of imide groups is 1. The number of aryl methyl sites for hydroxylation is 1. The molecule has 1 aromatic heterocycles. The fourth-order valence-electron chi connectivity index (χ4n) is 8.41. The Morgan fingerprint density at radius 3 is 2.18 bits per heavy atom. The molecule has 3 N–H and O–H groups in total. The van der Waals surface area contributed by atoms with Gasteiger partial charge in [0.05, 0.1) is 78.1 Å². The van der Waals surface area contributed by atoms with Crippen molar-refractivity contribution in [3.63, 3.8) is 0 Å². The Labute approximate surface area is 426 Å². The normalized spacial score (nSPS) is 17.2. The van der Waals surface area contributed by atoms with Crippen LogP contribution in [-0.2, 0) is 46.1 Å². The Morgan fingerprint density at radius 1 is 0.904 bits per heavy atom. The van der Waals surface area contributed by atoms with Crippen LogP contribution >= 0.6 is 11.3 Å². The number of alkyl halides is 3. The van der Waals surface area contributed by atoms with E-state index in [0.717, 1.165) is 53.1 Å². The first-order valence-corrected chi connectivity index (χ1v) is 24.8. The summed E-state index contributed by atoms with van der Waals surface area (Å²) in [5.74, 6) is -1.58. The summed E-state index contributed by atoms with van der Waals surface area (Å²) < 4.78 is 63.5. The van der Waals surface area contributed by atoms with Crippen molar-refractivity contribution >= 4 is 52.4 Å². The highest BCUT2D eigenvalue weighted by atomic mass is 32.1. The fourth-order valence-corrected chi connectivity index (χ4v) is 9.22. The second kappa shape index (κ2) is 24.5. The molecule has 392 valence electrons. The van der Waals surface area contributed by atoms with E-state index in [1.54, 1.807) is 61.9 Å². The van der Waals surface area contributed by atoms with Gasteiger partial charge in [-0.05, 0) is 99.0 Å².